The highest BCUT2D eigenvalue weighted by Gasteiger charge is 2.12. The van der Waals surface area contributed by atoms with Gasteiger partial charge in [0.15, 0.2) is 0 Å². The number of nitrogens with one attached hydrogen (secondary N) is 1. The summed E-state index contributed by atoms with van der Waals surface area (Å²) in [5.41, 5.74) is 0.271. The molecule has 1 aromatic rings. The van der Waals surface area contributed by atoms with Crippen LogP contribution in [0.15, 0.2) is 18.5 Å². The van der Waals surface area contributed by atoms with E-state index in [9.17, 15) is 9.90 Å². The molecule has 1 unspecified atom stereocenters. The van der Waals surface area contributed by atoms with Gasteiger partial charge in [-0.3, -0.25) is 9.78 Å². The van der Waals surface area contributed by atoms with Crippen molar-refractivity contribution < 1.29 is 9.90 Å². The Morgan fingerprint density at radius 1 is 1.67 bits per heavy atom. The molecule has 0 aliphatic carbocycles. The summed E-state index contributed by atoms with van der Waals surface area (Å²) < 4.78 is 0. The highest BCUT2D eigenvalue weighted by molar-refractivity contribution is 5.96. The van der Waals surface area contributed by atoms with Crippen molar-refractivity contribution in [2.45, 2.75) is 32.7 Å². The van der Waals surface area contributed by atoms with Gasteiger partial charge in [-0.2, -0.15) is 0 Å². The van der Waals surface area contributed by atoms with E-state index in [1.54, 1.807) is 0 Å². The molecule has 0 radical (unpaired) electrons. The molecule has 0 spiro atoms. The lowest BCUT2D eigenvalue weighted by atomic mass is 10.1. The van der Waals surface area contributed by atoms with Gasteiger partial charge in [0.1, 0.15) is 5.75 Å². The third-order valence-corrected chi connectivity index (χ3v) is 2.14. The Hall–Kier alpha value is -1.58. The molecule has 4 heteroatoms. The van der Waals surface area contributed by atoms with Crippen LogP contribution in [-0.2, 0) is 0 Å². The summed E-state index contributed by atoms with van der Waals surface area (Å²) in [7, 11) is 0. The van der Waals surface area contributed by atoms with Gasteiger partial charge in [-0.25, -0.2) is 0 Å². The zero-order valence-corrected chi connectivity index (χ0v) is 9.03. The Bertz CT molecular complexity index is 339. The molecule has 82 valence electrons. The lowest BCUT2D eigenvalue weighted by Crippen LogP contribution is -2.32. The average molecular weight is 208 g/mol. The van der Waals surface area contributed by atoms with Crippen LogP contribution < -0.4 is 5.32 Å². The van der Waals surface area contributed by atoms with E-state index in [2.05, 4.69) is 17.2 Å². The number of rotatable bonds is 4. The third kappa shape index (κ3) is 3.23. The molecule has 0 saturated heterocycles. The minimum atomic E-state index is -0.254. The van der Waals surface area contributed by atoms with Gasteiger partial charge < -0.3 is 10.4 Å². The van der Waals surface area contributed by atoms with Crippen molar-refractivity contribution in [2.24, 2.45) is 0 Å². The number of hydrogen-bond donors (Lipinski definition) is 2. The first-order valence-electron chi connectivity index (χ1n) is 5.09. The molecule has 1 heterocycles. The second-order valence-electron chi connectivity index (χ2n) is 3.56. The monoisotopic (exact) mass is 208 g/mol. The molecule has 0 saturated carbocycles. The smallest absolute Gasteiger partial charge is 0.255 e. The molecule has 4 nitrogen and oxygen atoms in total. The Balaban J connectivity index is 2.65. The van der Waals surface area contributed by atoms with E-state index >= 15 is 0 Å². The topological polar surface area (TPSA) is 62.2 Å². The van der Waals surface area contributed by atoms with Crippen LogP contribution in [0.1, 0.15) is 37.0 Å². The van der Waals surface area contributed by atoms with Crippen molar-refractivity contribution >= 4 is 5.91 Å². The van der Waals surface area contributed by atoms with Crippen molar-refractivity contribution in [3.8, 4) is 5.75 Å². The van der Waals surface area contributed by atoms with Crippen LogP contribution >= 0.6 is 0 Å². The van der Waals surface area contributed by atoms with Crippen molar-refractivity contribution in [3.05, 3.63) is 24.0 Å². The Morgan fingerprint density at radius 3 is 3.00 bits per heavy atom. The number of carbonyl (C=O) groups is 1. The van der Waals surface area contributed by atoms with Crippen LogP contribution in [0.3, 0.4) is 0 Å². The summed E-state index contributed by atoms with van der Waals surface area (Å²) in [4.78, 5) is 15.4. The molecule has 0 fully saturated rings. The van der Waals surface area contributed by atoms with Gasteiger partial charge in [0.25, 0.3) is 5.91 Å². The van der Waals surface area contributed by atoms with E-state index in [4.69, 9.17) is 0 Å². The molecule has 2 N–H and O–H groups in total. The zero-order chi connectivity index (χ0) is 11.3. The first kappa shape index (κ1) is 11.5. The van der Waals surface area contributed by atoms with Crippen LogP contribution in [0, 0.1) is 0 Å². The molecule has 1 amide bonds. The maximum Gasteiger partial charge on any atom is 0.255 e. The number of hydrogen-bond acceptors (Lipinski definition) is 3. The molecular formula is C11H16N2O2. The third-order valence-electron chi connectivity index (χ3n) is 2.14. The molecule has 0 bridgehead atoms. The van der Waals surface area contributed by atoms with Crippen LogP contribution in [-0.4, -0.2) is 22.0 Å². The molecule has 15 heavy (non-hydrogen) atoms. The highest BCUT2D eigenvalue weighted by atomic mass is 16.3. The van der Waals surface area contributed by atoms with Gasteiger partial charge in [-0.05, 0) is 19.4 Å². The predicted octanol–water partition coefficient (Wildman–Crippen LogP) is 1.71. The number of aromatic nitrogens is 1. The molecule has 1 rings (SSSR count). The summed E-state index contributed by atoms with van der Waals surface area (Å²) >= 11 is 0. The number of pyridine rings is 1. The van der Waals surface area contributed by atoms with Gasteiger partial charge in [0.2, 0.25) is 0 Å². The van der Waals surface area contributed by atoms with E-state index in [0.717, 1.165) is 12.8 Å². The summed E-state index contributed by atoms with van der Waals surface area (Å²) in [5, 5.41) is 12.2. The molecular weight excluding hydrogens is 192 g/mol. The molecule has 1 atom stereocenters. The van der Waals surface area contributed by atoms with Crippen LogP contribution in [0.25, 0.3) is 0 Å². The van der Waals surface area contributed by atoms with E-state index in [1.807, 2.05) is 6.92 Å². The lowest BCUT2D eigenvalue weighted by molar-refractivity contribution is 0.0935. The molecule has 0 aliphatic heterocycles. The average Bonchev–Trinajstić information content (AvgIpc) is 2.18. The number of aromatic hydroxyl groups is 1. The minimum absolute atomic E-state index is 0.0845. The Morgan fingerprint density at radius 2 is 2.40 bits per heavy atom. The maximum atomic E-state index is 11.7. The lowest BCUT2D eigenvalue weighted by Gasteiger charge is -2.12. The molecule has 0 aliphatic rings. The Labute approximate surface area is 89.3 Å². The van der Waals surface area contributed by atoms with E-state index in [1.165, 1.54) is 18.5 Å². The number of carbonyl (C=O) groups excluding carboxylic acids is 1. The fraction of sp³-hybridized carbons (Fsp3) is 0.455. The zero-order valence-electron chi connectivity index (χ0n) is 9.03. The van der Waals surface area contributed by atoms with E-state index < -0.39 is 0 Å². The largest absolute Gasteiger partial charge is 0.505 e. The van der Waals surface area contributed by atoms with E-state index in [-0.39, 0.29) is 23.3 Å². The minimum Gasteiger partial charge on any atom is -0.505 e. The maximum absolute atomic E-state index is 11.7. The summed E-state index contributed by atoms with van der Waals surface area (Å²) in [6.45, 7) is 4.01. The normalized spacial score (nSPS) is 12.1. The van der Waals surface area contributed by atoms with Gasteiger partial charge >= 0.3 is 0 Å². The van der Waals surface area contributed by atoms with E-state index in [0.29, 0.717) is 0 Å². The van der Waals surface area contributed by atoms with Gasteiger partial charge in [-0.1, -0.05) is 13.3 Å². The number of amides is 1. The standard InChI is InChI=1S/C11H16N2O2/c1-3-4-8(2)13-11(15)9-5-6-12-7-10(9)14/h5-8,14H,3-4H2,1-2H3,(H,13,15). The fourth-order valence-corrected chi connectivity index (χ4v) is 1.38. The summed E-state index contributed by atoms with van der Waals surface area (Å²) in [6.07, 6.45) is 4.69. The summed E-state index contributed by atoms with van der Waals surface area (Å²) in [5.74, 6) is -0.338. The van der Waals surface area contributed by atoms with Gasteiger partial charge in [0.05, 0.1) is 11.8 Å². The highest BCUT2D eigenvalue weighted by Crippen LogP contribution is 2.13. The summed E-state index contributed by atoms with van der Waals surface area (Å²) in [6, 6.07) is 1.62. The van der Waals surface area contributed by atoms with Crippen LogP contribution in [0.5, 0.6) is 5.75 Å². The van der Waals surface area contributed by atoms with Crippen LogP contribution in [0.4, 0.5) is 0 Å². The van der Waals surface area contributed by atoms with Crippen molar-refractivity contribution in [1.82, 2.24) is 10.3 Å². The molecule has 0 aromatic carbocycles. The Kier molecular flexibility index (Phi) is 4.09. The fourth-order valence-electron chi connectivity index (χ4n) is 1.38. The quantitative estimate of drug-likeness (QED) is 0.791. The first-order valence-corrected chi connectivity index (χ1v) is 5.09. The molecule has 1 aromatic heterocycles. The second kappa shape index (κ2) is 5.34. The van der Waals surface area contributed by atoms with Gasteiger partial charge in [0, 0.05) is 12.2 Å². The van der Waals surface area contributed by atoms with Gasteiger partial charge in [-0.15, -0.1) is 0 Å². The van der Waals surface area contributed by atoms with Crippen molar-refractivity contribution in [3.63, 3.8) is 0 Å². The van der Waals surface area contributed by atoms with Crippen LogP contribution in [0.2, 0.25) is 0 Å². The van der Waals surface area contributed by atoms with Crippen molar-refractivity contribution in [1.29, 1.82) is 0 Å². The van der Waals surface area contributed by atoms with Crippen molar-refractivity contribution in [2.75, 3.05) is 0 Å². The predicted molar refractivity (Wildman–Crippen MR) is 57.7 cm³/mol. The number of nitrogens with zero attached hydrogens (tertiary/aromatic N) is 1. The second-order valence-corrected chi connectivity index (χ2v) is 3.56. The first-order chi connectivity index (χ1) is 7.15. The SMILES string of the molecule is CCCC(C)NC(=O)c1ccncc1O.